The Morgan fingerprint density at radius 2 is 1.90 bits per heavy atom. The Hall–Kier alpha value is -2.48. The van der Waals surface area contributed by atoms with Crippen LogP contribution in [0.1, 0.15) is 5.56 Å². The van der Waals surface area contributed by atoms with Crippen LogP contribution < -0.4 is 16.2 Å². The predicted octanol–water partition coefficient (Wildman–Crippen LogP) is 1.10. The minimum atomic E-state index is -0.747. The van der Waals surface area contributed by atoms with Crippen LogP contribution in [-0.4, -0.2) is 24.2 Å². The molecule has 106 valence electrons. The molecule has 1 aromatic carbocycles. The molecule has 0 saturated heterocycles. The SMILES string of the molecule is COC(=O)NNC(=S)NC(=O)/C=C/c1ccc(F)cc1. The van der Waals surface area contributed by atoms with Gasteiger partial charge in [-0.15, -0.1) is 0 Å². The predicted molar refractivity (Wildman–Crippen MR) is 74.9 cm³/mol. The van der Waals surface area contributed by atoms with Gasteiger partial charge in [-0.1, -0.05) is 12.1 Å². The van der Waals surface area contributed by atoms with Gasteiger partial charge in [0.2, 0.25) is 5.91 Å². The van der Waals surface area contributed by atoms with Crippen molar-refractivity contribution in [2.45, 2.75) is 0 Å². The van der Waals surface area contributed by atoms with E-state index in [1.54, 1.807) is 0 Å². The van der Waals surface area contributed by atoms with Gasteiger partial charge >= 0.3 is 6.09 Å². The van der Waals surface area contributed by atoms with E-state index in [0.29, 0.717) is 5.56 Å². The number of rotatable bonds is 2. The van der Waals surface area contributed by atoms with Crippen LogP contribution in [0.3, 0.4) is 0 Å². The Labute approximate surface area is 120 Å². The van der Waals surface area contributed by atoms with E-state index in [1.165, 1.54) is 43.5 Å². The van der Waals surface area contributed by atoms with Crippen molar-refractivity contribution in [3.8, 4) is 0 Å². The second kappa shape index (κ2) is 7.85. The number of carbonyl (C=O) groups is 2. The maximum atomic E-state index is 12.7. The summed E-state index contributed by atoms with van der Waals surface area (Å²) in [6, 6.07) is 5.61. The number of hydrazine groups is 1. The zero-order valence-electron chi connectivity index (χ0n) is 10.5. The molecular formula is C12H12FN3O3S. The Balaban J connectivity index is 2.41. The summed E-state index contributed by atoms with van der Waals surface area (Å²) in [4.78, 5) is 22.2. The number of hydrogen-bond donors (Lipinski definition) is 3. The molecule has 0 unspecified atom stereocenters. The van der Waals surface area contributed by atoms with Crippen molar-refractivity contribution in [1.82, 2.24) is 16.2 Å². The van der Waals surface area contributed by atoms with E-state index in [9.17, 15) is 14.0 Å². The topological polar surface area (TPSA) is 79.5 Å². The molecule has 8 heteroatoms. The van der Waals surface area contributed by atoms with E-state index >= 15 is 0 Å². The number of hydrogen-bond acceptors (Lipinski definition) is 4. The third-order valence-corrected chi connectivity index (χ3v) is 2.20. The van der Waals surface area contributed by atoms with Crippen molar-refractivity contribution in [2.75, 3.05) is 7.11 Å². The molecule has 0 heterocycles. The van der Waals surface area contributed by atoms with Crippen molar-refractivity contribution >= 4 is 35.4 Å². The average Bonchev–Trinajstić information content (AvgIpc) is 2.44. The summed E-state index contributed by atoms with van der Waals surface area (Å²) in [6.45, 7) is 0. The Morgan fingerprint density at radius 1 is 1.25 bits per heavy atom. The number of nitrogens with one attached hydrogen (secondary N) is 3. The van der Waals surface area contributed by atoms with E-state index in [-0.39, 0.29) is 10.9 Å². The molecule has 0 saturated carbocycles. The number of halogens is 1. The molecule has 0 aliphatic heterocycles. The standard InChI is InChI=1S/C12H12FN3O3S/c1-19-12(18)16-15-11(20)14-10(17)7-4-8-2-5-9(13)6-3-8/h2-7H,1H3,(H,16,18)(H2,14,15,17,20)/b7-4+. The smallest absolute Gasteiger partial charge is 0.425 e. The van der Waals surface area contributed by atoms with Crippen LogP contribution in [0.15, 0.2) is 30.3 Å². The highest BCUT2D eigenvalue weighted by Crippen LogP contribution is 2.04. The van der Waals surface area contributed by atoms with Crippen LogP contribution in [0.4, 0.5) is 9.18 Å². The molecular weight excluding hydrogens is 285 g/mol. The maximum Gasteiger partial charge on any atom is 0.425 e. The van der Waals surface area contributed by atoms with Gasteiger partial charge < -0.3 is 4.74 Å². The molecule has 0 radical (unpaired) electrons. The highest BCUT2D eigenvalue weighted by atomic mass is 32.1. The van der Waals surface area contributed by atoms with E-state index in [0.717, 1.165) is 0 Å². The minimum absolute atomic E-state index is 0.0934. The van der Waals surface area contributed by atoms with Gasteiger partial charge in [-0.2, -0.15) is 0 Å². The first-order valence-corrected chi connectivity index (χ1v) is 5.80. The number of thiocarbonyl (C=S) groups is 1. The lowest BCUT2D eigenvalue weighted by atomic mass is 10.2. The molecule has 0 aromatic heterocycles. The van der Waals surface area contributed by atoms with Crippen molar-refractivity contribution in [1.29, 1.82) is 0 Å². The molecule has 0 aliphatic carbocycles. The minimum Gasteiger partial charge on any atom is -0.452 e. The fourth-order valence-electron chi connectivity index (χ4n) is 1.09. The second-order valence-corrected chi connectivity index (χ2v) is 3.85. The van der Waals surface area contributed by atoms with E-state index in [1.807, 2.05) is 0 Å². The molecule has 0 spiro atoms. The molecule has 2 amide bonds. The first kappa shape index (κ1) is 15.6. The number of benzene rings is 1. The largest absolute Gasteiger partial charge is 0.452 e. The van der Waals surface area contributed by atoms with E-state index in [4.69, 9.17) is 12.2 Å². The third kappa shape index (κ3) is 5.91. The second-order valence-electron chi connectivity index (χ2n) is 3.44. The average molecular weight is 297 g/mol. The number of carbonyl (C=O) groups excluding carboxylic acids is 2. The lowest BCUT2D eigenvalue weighted by Gasteiger charge is -2.08. The first-order chi connectivity index (χ1) is 9.51. The molecule has 1 rings (SSSR count). The van der Waals surface area contributed by atoms with Crippen LogP contribution in [0.5, 0.6) is 0 Å². The highest BCUT2D eigenvalue weighted by molar-refractivity contribution is 7.80. The summed E-state index contributed by atoms with van der Waals surface area (Å²) in [6.07, 6.45) is 1.97. The summed E-state index contributed by atoms with van der Waals surface area (Å²) in [5.74, 6) is -0.857. The zero-order valence-corrected chi connectivity index (χ0v) is 11.3. The summed E-state index contributed by atoms with van der Waals surface area (Å²) >= 11 is 4.75. The lowest BCUT2D eigenvalue weighted by Crippen LogP contribution is -2.48. The molecule has 0 aliphatic rings. The quantitative estimate of drug-likeness (QED) is 0.433. The molecule has 0 atom stereocenters. The third-order valence-electron chi connectivity index (χ3n) is 2.00. The van der Waals surface area contributed by atoms with Crippen molar-refractivity contribution in [2.24, 2.45) is 0 Å². The van der Waals surface area contributed by atoms with E-state index < -0.39 is 12.0 Å². The number of methoxy groups -OCH3 is 1. The van der Waals surface area contributed by atoms with Crippen LogP contribution in [0.2, 0.25) is 0 Å². The van der Waals surface area contributed by atoms with Crippen molar-refractivity contribution < 1.29 is 18.7 Å². The van der Waals surface area contributed by atoms with Gasteiger partial charge in [0.05, 0.1) is 7.11 Å². The molecule has 0 bridgehead atoms. The van der Waals surface area contributed by atoms with Gasteiger partial charge in [-0.05, 0) is 36.0 Å². The van der Waals surface area contributed by atoms with Crippen LogP contribution >= 0.6 is 12.2 Å². The molecule has 6 nitrogen and oxygen atoms in total. The molecule has 1 aromatic rings. The van der Waals surface area contributed by atoms with Gasteiger partial charge in [0.25, 0.3) is 0 Å². The fraction of sp³-hybridized carbons (Fsp3) is 0.0833. The fourth-order valence-corrected chi connectivity index (χ4v) is 1.24. The normalized spacial score (nSPS) is 9.90. The summed E-state index contributed by atoms with van der Waals surface area (Å²) in [5.41, 5.74) is 5.01. The van der Waals surface area contributed by atoms with Crippen LogP contribution in [0, 0.1) is 5.82 Å². The van der Waals surface area contributed by atoms with Gasteiger partial charge in [-0.25, -0.2) is 14.6 Å². The van der Waals surface area contributed by atoms with Crippen LogP contribution in [-0.2, 0) is 9.53 Å². The van der Waals surface area contributed by atoms with Gasteiger partial charge in [-0.3, -0.25) is 15.5 Å². The van der Waals surface area contributed by atoms with Gasteiger partial charge in [0.1, 0.15) is 5.82 Å². The Morgan fingerprint density at radius 3 is 2.50 bits per heavy atom. The zero-order chi connectivity index (χ0) is 15.0. The number of ether oxygens (including phenoxy) is 1. The summed E-state index contributed by atoms with van der Waals surface area (Å²) in [5, 5.41) is 2.20. The maximum absolute atomic E-state index is 12.7. The number of amides is 2. The van der Waals surface area contributed by atoms with Crippen LogP contribution in [0.25, 0.3) is 6.08 Å². The summed E-state index contributed by atoms with van der Waals surface area (Å²) < 4.78 is 17.0. The van der Waals surface area contributed by atoms with Gasteiger partial charge in [0, 0.05) is 6.08 Å². The summed E-state index contributed by atoms with van der Waals surface area (Å²) in [7, 11) is 1.18. The molecule has 3 N–H and O–H groups in total. The lowest BCUT2D eigenvalue weighted by molar-refractivity contribution is -0.115. The highest BCUT2D eigenvalue weighted by Gasteiger charge is 2.02. The Bertz CT molecular complexity index is 531. The van der Waals surface area contributed by atoms with Gasteiger partial charge in [0.15, 0.2) is 5.11 Å². The Kier molecular flexibility index (Phi) is 6.11. The van der Waals surface area contributed by atoms with E-state index in [2.05, 4.69) is 20.9 Å². The van der Waals surface area contributed by atoms with Crippen molar-refractivity contribution in [3.05, 3.63) is 41.7 Å². The monoisotopic (exact) mass is 297 g/mol. The van der Waals surface area contributed by atoms with Crippen molar-refractivity contribution in [3.63, 3.8) is 0 Å². The molecule has 20 heavy (non-hydrogen) atoms. The first-order valence-electron chi connectivity index (χ1n) is 5.40. The molecule has 0 fully saturated rings.